The highest BCUT2D eigenvalue weighted by Gasteiger charge is 2.24. The van der Waals surface area contributed by atoms with Crippen molar-refractivity contribution >= 4 is 28.2 Å². The first kappa shape index (κ1) is 14.9. The molecule has 1 unspecified atom stereocenters. The molecular formula is C15H19N5OS. The van der Waals surface area contributed by atoms with Gasteiger partial charge in [0.1, 0.15) is 5.82 Å². The third-order valence-electron chi connectivity index (χ3n) is 3.65. The molecule has 0 aromatic carbocycles. The van der Waals surface area contributed by atoms with E-state index < -0.39 is 0 Å². The number of anilines is 2. The highest BCUT2D eigenvalue weighted by Crippen LogP contribution is 2.17. The fourth-order valence-electron chi connectivity index (χ4n) is 2.59. The second kappa shape index (κ2) is 7.33. The van der Waals surface area contributed by atoms with Gasteiger partial charge < -0.3 is 10.6 Å². The summed E-state index contributed by atoms with van der Waals surface area (Å²) in [5, 5.41) is 8.69. The topological polar surface area (TPSA) is 70.2 Å². The number of carbonyl (C=O) groups is 1. The Morgan fingerprint density at radius 2 is 2.32 bits per heavy atom. The van der Waals surface area contributed by atoms with Gasteiger partial charge in [0.2, 0.25) is 5.91 Å². The van der Waals surface area contributed by atoms with E-state index in [0.29, 0.717) is 17.6 Å². The minimum atomic E-state index is 0.00767. The fraction of sp³-hybridized carbons (Fsp3) is 0.400. The maximum atomic E-state index is 11.9. The Labute approximate surface area is 133 Å². The summed E-state index contributed by atoms with van der Waals surface area (Å²) in [5.41, 5.74) is 0. The van der Waals surface area contributed by atoms with Gasteiger partial charge in [0, 0.05) is 30.9 Å². The van der Waals surface area contributed by atoms with Gasteiger partial charge in [0.05, 0.1) is 6.54 Å². The molecule has 3 heterocycles. The van der Waals surface area contributed by atoms with E-state index in [-0.39, 0.29) is 5.91 Å². The smallest absolute Gasteiger partial charge is 0.240 e. The minimum Gasteiger partial charge on any atom is -0.370 e. The Balaban J connectivity index is 1.39. The van der Waals surface area contributed by atoms with E-state index in [1.165, 1.54) is 11.3 Å². The molecule has 0 spiro atoms. The van der Waals surface area contributed by atoms with E-state index in [4.69, 9.17) is 0 Å². The molecule has 1 aliphatic heterocycles. The zero-order valence-electron chi connectivity index (χ0n) is 12.2. The number of nitrogens with one attached hydrogen (secondary N) is 2. The van der Waals surface area contributed by atoms with Crippen molar-refractivity contribution in [1.29, 1.82) is 0 Å². The van der Waals surface area contributed by atoms with Crippen molar-refractivity contribution < 1.29 is 4.79 Å². The summed E-state index contributed by atoms with van der Waals surface area (Å²) in [4.78, 5) is 22.4. The molecule has 6 nitrogen and oxygen atoms in total. The van der Waals surface area contributed by atoms with Crippen LogP contribution in [0, 0.1) is 5.92 Å². The molecule has 1 atom stereocenters. The van der Waals surface area contributed by atoms with Crippen LogP contribution in [0.4, 0.5) is 10.9 Å². The van der Waals surface area contributed by atoms with Crippen LogP contribution in [0.1, 0.15) is 6.42 Å². The van der Waals surface area contributed by atoms with Crippen LogP contribution in [-0.4, -0.2) is 47.0 Å². The van der Waals surface area contributed by atoms with Crippen molar-refractivity contribution in [2.24, 2.45) is 5.92 Å². The van der Waals surface area contributed by atoms with Crippen molar-refractivity contribution in [2.45, 2.75) is 6.42 Å². The van der Waals surface area contributed by atoms with Gasteiger partial charge in [-0.3, -0.25) is 9.69 Å². The summed E-state index contributed by atoms with van der Waals surface area (Å²) in [6, 6.07) is 5.84. The zero-order valence-corrected chi connectivity index (χ0v) is 13.1. The van der Waals surface area contributed by atoms with Crippen LogP contribution in [0.25, 0.3) is 0 Å². The van der Waals surface area contributed by atoms with Gasteiger partial charge in [-0.15, -0.1) is 11.3 Å². The van der Waals surface area contributed by atoms with E-state index >= 15 is 0 Å². The molecule has 3 rings (SSSR count). The summed E-state index contributed by atoms with van der Waals surface area (Å²) < 4.78 is 0. The Bertz CT molecular complexity index is 589. The average molecular weight is 317 g/mol. The Morgan fingerprint density at radius 3 is 3.09 bits per heavy atom. The predicted octanol–water partition coefficient (Wildman–Crippen LogP) is 1.91. The highest BCUT2D eigenvalue weighted by molar-refractivity contribution is 7.13. The number of likely N-dealkylation sites (tertiary alicyclic amines) is 1. The molecule has 0 saturated carbocycles. The highest BCUT2D eigenvalue weighted by atomic mass is 32.1. The molecule has 1 fully saturated rings. The number of thiazole rings is 1. The average Bonchev–Trinajstić information content (AvgIpc) is 3.18. The van der Waals surface area contributed by atoms with Gasteiger partial charge in [-0.05, 0) is 31.0 Å². The molecule has 7 heteroatoms. The van der Waals surface area contributed by atoms with Crippen LogP contribution in [0.15, 0.2) is 36.0 Å². The Hall–Kier alpha value is -1.99. The third-order valence-corrected chi connectivity index (χ3v) is 4.34. The van der Waals surface area contributed by atoms with Crippen molar-refractivity contribution in [1.82, 2.24) is 14.9 Å². The number of hydrogen-bond donors (Lipinski definition) is 2. The standard InChI is InChI=1S/C15H19N5OS/c21-14(19-15-17-6-8-22-15)11-20-7-4-12(10-20)9-18-13-3-1-2-5-16-13/h1-3,5-6,8,12H,4,7,9-11H2,(H,16,18)(H,17,19,21). The normalized spacial score (nSPS) is 18.3. The van der Waals surface area contributed by atoms with E-state index in [1.807, 2.05) is 23.6 Å². The van der Waals surface area contributed by atoms with Crippen molar-refractivity contribution in [3.63, 3.8) is 0 Å². The van der Waals surface area contributed by atoms with E-state index in [0.717, 1.165) is 31.9 Å². The van der Waals surface area contributed by atoms with Gasteiger partial charge in [-0.1, -0.05) is 6.07 Å². The van der Waals surface area contributed by atoms with Gasteiger partial charge in [0.15, 0.2) is 5.13 Å². The number of amides is 1. The maximum Gasteiger partial charge on any atom is 0.240 e. The maximum absolute atomic E-state index is 11.9. The number of pyridine rings is 1. The third kappa shape index (κ3) is 4.25. The largest absolute Gasteiger partial charge is 0.370 e. The molecular weight excluding hydrogens is 298 g/mol. The van der Waals surface area contributed by atoms with Gasteiger partial charge in [0.25, 0.3) is 0 Å². The van der Waals surface area contributed by atoms with Crippen LogP contribution < -0.4 is 10.6 Å². The number of carbonyl (C=O) groups excluding carboxylic acids is 1. The van der Waals surface area contributed by atoms with Crippen LogP contribution in [-0.2, 0) is 4.79 Å². The van der Waals surface area contributed by atoms with Gasteiger partial charge in [-0.2, -0.15) is 0 Å². The molecule has 22 heavy (non-hydrogen) atoms. The second-order valence-corrected chi connectivity index (χ2v) is 6.27. The van der Waals surface area contributed by atoms with E-state index in [9.17, 15) is 4.79 Å². The number of rotatable bonds is 6. The van der Waals surface area contributed by atoms with E-state index in [2.05, 4.69) is 25.5 Å². The lowest BCUT2D eigenvalue weighted by atomic mass is 10.1. The minimum absolute atomic E-state index is 0.00767. The summed E-state index contributed by atoms with van der Waals surface area (Å²) in [7, 11) is 0. The lowest BCUT2D eigenvalue weighted by Crippen LogP contribution is -2.32. The van der Waals surface area contributed by atoms with Crippen molar-refractivity contribution in [2.75, 3.05) is 36.8 Å². The molecule has 116 valence electrons. The summed E-state index contributed by atoms with van der Waals surface area (Å²) in [6.07, 6.45) is 4.58. The lowest BCUT2D eigenvalue weighted by Gasteiger charge is -2.15. The molecule has 0 aliphatic carbocycles. The molecule has 1 amide bonds. The van der Waals surface area contributed by atoms with Crippen molar-refractivity contribution in [3.05, 3.63) is 36.0 Å². The Kier molecular flexibility index (Phi) is 4.97. The molecule has 2 aromatic rings. The van der Waals surface area contributed by atoms with Crippen LogP contribution in [0.5, 0.6) is 0 Å². The molecule has 0 bridgehead atoms. The van der Waals surface area contributed by atoms with E-state index in [1.54, 1.807) is 12.4 Å². The van der Waals surface area contributed by atoms with Crippen molar-refractivity contribution in [3.8, 4) is 0 Å². The summed E-state index contributed by atoms with van der Waals surface area (Å²) in [6.45, 7) is 3.21. The first-order valence-electron chi connectivity index (χ1n) is 7.36. The van der Waals surface area contributed by atoms with Crippen LogP contribution in [0.3, 0.4) is 0 Å². The van der Waals surface area contributed by atoms with Crippen LogP contribution in [0.2, 0.25) is 0 Å². The monoisotopic (exact) mass is 317 g/mol. The molecule has 2 aromatic heterocycles. The first-order chi connectivity index (χ1) is 10.8. The predicted molar refractivity (Wildman–Crippen MR) is 88.0 cm³/mol. The number of hydrogen-bond acceptors (Lipinski definition) is 6. The van der Waals surface area contributed by atoms with Crippen LogP contribution >= 0.6 is 11.3 Å². The molecule has 2 N–H and O–H groups in total. The summed E-state index contributed by atoms with van der Waals surface area (Å²) >= 11 is 1.44. The molecule has 1 aliphatic rings. The first-order valence-corrected chi connectivity index (χ1v) is 8.24. The number of aromatic nitrogens is 2. The SMILES string of the molecule is O=C(CN1CCC(CNc2ccccn2)C1)Nc1nccs1. The van der Waals surface area contributed by atoms with Gasteiger partial charge >= 0.3 is 0 Å². The quantitative estimate of drug-likeness (QED) is 0.852. The Morgan fingerprint density at radius 1 is 1.36 bits per heavy atom. The van der Waals surface area contributed by atoms with Gasteiger partial charge in [-0.25, -0.2) is 9.97 Å². The molecule has 0 radical (unpaired) electrons. The lowest BCUT2D eigenvalue weighted by molar-refractivity contribution is -0.117. The summed E-state index contributed by atoms with van der Waals surface area (Å²) in [5.74, 6) is 1.46. The number of nitrogens with zero attached hydrogens (tertiary/aromatic N) is 3. The molecule has 1 saturated heterocycles. The zero-order chi connectivity index (χ0) is 15.2. The fourth-order valence-corrected chi connectivity index (χ4v) is 3.13. The second-order valence-electron chi connectivity index (χ2n) is 5.37.